The van der Waals surface area contributed by atoms with Crippen LogP contribution >= 0.6 is 15.9 Å². The summed E-state index contributed by atoms with van der Waals surface area (Å²) >= 11 is 3.47. The minimum atomic E-state index is -0.243. The summed E-state index contributed by atoms with van der Waals surface area (Å²) in [7, 11) is 0. The number of nitriles is 1. The zero-order chi connectivity index (χ0) is 13.2. The summed E-state index contributed by atoms with van der Waals surface area (Å²) in [5.41, 5.74) is 0.945. The lowest BCUT2D eigenvalue weighted by Gasteiger charge is -2.31. The summed E-state index contributed by atoms with van der Waals surface area (Å²) in [4.78, 5) is 2.18. The van der Waals surface area contributed by atoms with Crippen molar-refractivity contribution < 1.29 is 9.47 Å². The highest BCUT2D eigenvalue weighted by Gasteiger charge is 2.26. The molecule has 19 heavy (non-hydrogen) atoms. The van der Waals surface area contributed by atoms with Crippen molar-refractivity contribution in [3.63, 3.8) is 0 Å². The molecule has 100 valence electrons. The zero-order valence-corrected chi connectivity index (χ0v) is 11.9. The molecule has 2 aliphatic rings. The number of benzene rings is 1. The van der Waals surface area contributed by atoms with Gasteiger partial charge in [-0.2, -0.15) is 5.26 Å². The predicted octanol–water partition coefficient (Wildman–Crippen LogP) is 1.65. The number of piperazine rings is 1. The molecular weight excluding hydrogens is 310 g/mol. The SMILES string of the molecule is N#CC(c1cc(Br)c2c(c1)OCO2)N1CCNCC1. The summed E-state index contributed by atoms with van der Waals surface area (Å²) in [5.74, 6) is 1.43. The van der Waals surface area contributed by atoms with Gasteiger partial charge in [0.25, 0.3) is 0 Å². The third kappa shape index (κ3) is 2.41. The van der Waals surface area contributed by atoms with Crippen LogP contribution in [0.5, 0.6) is 11.5 Å². The summed E-state index contributed by atoms with van der Waals surface area (Å²) in [6, 6.07) is 6.00. The van der Waals surface area contributed by atoms with E-state index in [1.807, 2.05) is 12.1 Å². The van der Waals surface area contributed by atoms with Crippen LogP contribution in [-0.4, -0.2) is 37.9 Å². The number of nitrogens with one attached hydrogen (secondary N) is 1. The number of fused-ring (bicyclic) bond motifs is 1. The van der Waals surface area contributed by atoms with Gasteiger partial charge in [0.05, 0.1) is 10.5 Å². The summed E-state index contributed by atoms with van der Waals surface area (Å²) in [5, 5.41) is 12.8. The van der Waals surface area contributed by atoms with Crippen LogP contribution in [0, 0.1) is 11.3 Å². The van der Waals surface area contributed by atoms with Gasteiger partial charge in [0.15, 0.2) is 11.5 Å². The molecular formula is C13H14BrN3O2. The largest absolute Gasteiger partial charge is 0.454 e. The third-order valence-electron chi connectivity index (χ3n) is 3.40. The first-order valence-electron chi connectivity index (χ1n) is 6.23. The fourth-order valence-corrected chi connectivity index (χ4v) is 3.03. The normalized spacial score (nSPS) is 20.0. The van der Waals surface area contributed by atoms with E-state index >= 15 is 0 Å². The Morgan fingerprint density at radius 3 is 2.84 bits per heavy atom. The molecule has 1 aromatic carbocycles. The van der Waals surface area contributed by atoms with Crippen molar-refractivity contribution >= 4 is 15.9 Å². The van der Waals surface area contributed by atoms with Crippen molar-refractivity contribution in [2.45, 2.75) is 6.04 Å². The maximum Gasteiger partial charge on any atom is 0.231 e. The highest BCUT2D eigenvalue weighted by Crippen LogP contribution is 2.41. The maximum absolute atomic E-state index is 9.47. The van der Waals surface area contributed by atoms with Crippen LogP contribution in [0.1, 0.15) is 11.6 Å². The summed E-state index contributed by atoms with van der Waals surface area (Å²) in [6.45, 7) is 3.84. The van der Waals surface area contributed by atoms with Gasteiger partial charge in [-0.1, -0.05) is 0 Å². The van der Waals surface area contributed by atoms with Crippen molar-refractivity contribution in [1.29, 1.82) is 5.26 Å². The molecule has 1 aromatic rings. The van der Waals surface area contributed by atoms with Gasteiger partial charge in [-0.05, 0) is 33.6 Å². The number of ether oxygens (including phenoxy) is 2. The Balaban J connectivity index is 1.91. The molecule has 1 fully saturated rings. The molecule has 5 nitrogen and oxygen atoms in total. The average molecular weight is 324 g/mol. The molecule has 6 heteroatoms. The highest BCUT2D eigenvalue weighted by molar-refractivity contribution is 9.10. The van der Waals surface area contributed by atoms with E-state index in [-0.39, 0.29) is 12.8 Å². The van der Waals surface area contributed by atoms with Gasteiger partial charge in [-0.3, -0.25) is 4.90 Å². The van der Waals surface area contributed by atoms with E-state index in [0.29, 0.717) is 5.75 Å². The molecule has 1 saturated heterocycles. The fourth-order valence-electron chi connectivity index (χ4n) is 2.45. The van der Waals surface area contributed by atoms with E-state index in [0.717, 1.165) is 42.0 Å². The van der Waals surface area contributed by atoms with Crippen LogP contribution in [-0.2, 0) is 0 Å². The Bertz CT molecular complexity index is 523. The van der Waals surface area contributed by atoms with E-state index in [1.54, 1.807) is 0 Å². The molecule has 0 spiro atoms. The number of halogens is 1. The molecule has 1 atom stereocenters. The standard InChI is InChI=1S/C13H14BrN3O2/c14-10-5-9(6-12-13(10)19-8-18-12)11(7-15)17-3-1-16-2-4-17/h5-6,11,16H,1-4,8H2. The number of nitrogens with zero attached hydrogens (tertiary/aromatic N) is 2. The second-order valence-electron chi connectivity index (χ2n) is 4.55. The van der Waals surface area contributed by atoms with Crippen LogP contribution in [0.4, 0.5) is 0 Å². The van der Waals surface area contributed by atoms with Gasteiger partial charge in [0, 0.05) is 26.2 Å². The van der Waals surface area contributed by atoms with Crippen LogP contribution < -0.4 is 14.8 Å². The van der Waals surface area contributed by atoms with Gasteiger partial charge in [-0.25, -0.2) is 0 Å². The minimum Gasteiger partial charge on any atom is -0.454 e. The highest BCUT2D eigenvalue weighted by atomic mass is 79.9. The van der Waals surface area contributed by atoms with Crippen LogP contribution in [0.15, 0.2) is 16.6 Å². The van der Waals surface area contributed by atoms with Gasteiger partial charge in [-0.15, -0.1) is 0 Å². The van der Waals surface area contributed by atoms with Gasteiger partial charge in [0.1, 0.15) is 6.04 Å². The Hall–Kier alpha value is -1.29. The Morgan fingerprint density at radius 2 is 2.11 bits per heavy atom. The second-order valence-corrected chi connectivity index (χ2v) is 5.41. The van der Waals surface area contributed by atoms with Crippen molar-refractivity contribution in [2.75, 3.05) is 33.0 Å². The van der Waals surface area contributed by atoms with Crippen LogP contribution in [0.25, 0.3) is 0 Å². The number of hydrogen-bond donors (Lipinski definition) is 1. The molecule has 0 saturated carbocycles. The molecule has 0 radical (unpaired) electrons. The predicted molar refractivity (Wildman–Crippen MR) is 73.1 cm³/mol. The summed E-state index contributed by atoms with van der Waals surface area (Å²) < 4.78 is 11.6. The lowest BCUT2D eigenvalue weighted by atomic mass is 10.0. The molecule has 2 heterocycles. The lowest BCUT2D eigenvalue weighted by molar-refractivity contribution is 0.173. The van der Waals surface area contributed by atoms with E-state index in [1.165, 1.54) is 0 Å². The summed E-state index contributed by atoms with van der Waals surface area (Å²) in [6.07, 6.45) is 0. The fraction of sp³-hybridized carbons (Fsp3) is 0.462. The van der Waals surface area contributed by atoms with E-state index in [2.05, 4.69) is 32.2 Å². The Labute approximate surface area is 120 Å². The number of hydrogen-bond acceptors (Lipinski definition) is 5. The van der Waals surface area contributed by atoms with Crippen molar-refractivity contribution in [2.24, 2.45) is 0 Å². The van der Waals surface area contributed by atoms with E-state index in [9.17, 15) is 5.26 Å². The quantitative estimate of drug-likeness (QED) is 0.896. The molecule has 0 aliphatic carbocycles. The number of rotatable bonds is 2. The molecule has 0 amide bonds. The van der Waals surface area contributed by atoms with Crippen molar-refractivity contribution in [3.8, 4) is 17.6 Å². The molecule has 2 aliphatic heterocycles. The van der Waals surface area contributed by atoms with Crippen molar-refractivity contribution in [1.82, 2.24) is 10.2 Å². The second kappa shape index (κ2) is 5.37. The molecule has 0 bridgehead atoms. The first-order chi connectivity index (χ1) is 9.29. The monoisotopic (exact) mass is 323 g/mol. The first kappa shape index (κ1) is 12.7. The van der Waals surface area contributed by atoms with E-state index in [4.69, 9.17) is 9.47 Å². The molecule has 3 rings (SSSR count). The first-order valence-corrected chi connectivity index (χ1v) is 7.02. The van der Waals surface area contributed by atoms with Crippen LogP contribution in [0.3, 0.4) is 0 Å². The zero-order valence-electron chi connectivity index (χ0n) is 10.4. The Morgan fingerprint density at radius 1 is 1.32 bits per heavy atom. The lowest BCUT2D eigenvalue weighted by Crippen LogP contribution is -2.44. The van der Waals surface area contributed by atoms with Gasteiger partial charge >= 0.3 is 0 Å². The van der Waals surface area contributed by atoms with Crippen LogP contribution in [0.2, 0.25) is 0 Å². The molecule has 1 N–H and O–H groups in total. The smallest absolute Gasteiger partial charge is 0.231 e. The minimum absolute atomic E-state index is 0.238. The molecule has 0 aromatic heterocycles. The molecule has 1 unspecified atom stereocenters. The topological polar surface area (TPSA) is 57.5 Å². The average Bonchev–Trinajstić information content (AvgIpc) is 2.90. The van der Waals surface area contributed by atoms with Gasteiger partial charge in [0.2, 0.25) is 6.79 Å². The van der Waals surface area contributed by atoms with Gasteiger partial charge < -0.3 is 14.8 Å². The maximum atomic E-state index is 9.47. The van der Waals surface area contributed by atoms with Crippen molar-refractivity contribution in [3.05, 3.63) is 22.2 Å². The Kier molecular flexibility index (Phi) is 3.60. The van der Waals surface area contributed by atoms with E-state index < -0.39 is 0 Å². The third-order valence-corrected chi connectivity index (χ3v) is 3.99.